The molecule has 0 aliphatic heterocycles. The fourth-order valence-electron chi connectivity index (χ4n) is 0.719. The largest absolute Gasteiger partial charge is 0.477 e. The zero-order chi connectivity index (χ0) is 7.72. The first-order valence-corrected chi connectivity index (χ1v) is 3.52. The molecule has 0 saturated carbocycles. The maximum Gasteiger partial charge on any atom is 0.346 e. The Morgan fingerprint density at radius 2 is 2.40 bits per heavy atom. The lowest BCUT2D eigenvalue weighted by Crippen LogP contribution is -1.93. The summed E-state index contributed by atoms with van der Waals surface area (Å²) < 4.78 is 0. The van der Waals surface area contributed by atoms with Crippen molar-refractivity contribution in [2.75, 3.05) is 5.73 Å². The molecule has 0 bridgehead atoms. The number of hydrogen-bond donors (Lipinski definition) is 2. The molecule has 0 fully saturated rings. The van der Waals surface area contributed by atoms with Crippen molar-refractivity contribution in [3.63, 3.8) is 0 Å². The van der Waals surface area contributed by atoms with Crippen molar-refractivity contribution in [1.29, 1.82) is 0 Å². The average molecular weight is 157 g/mol. The van der Waals surface area contributed by atoms with E-state index in [1.165, 1.54) is 0 Å². The van der Waals surface area contributed by atoms with E-state index in [1.807, 2.05) is 0 Å². The summed E-state index contributed by atoms with van der Waals surface area (Å²) in [5, 5.41) is 9.08. The van der Waals surface area contributed by atoms with Gasteiger partial charge in [-0.05, 0) is 18.6 Å². The summed E-state index contributed by atoms with van der Waals surface area (Å²) in [7, 11) is 0. The minimum Gasteiger partial charge on any atom is -0.477 e. The molecule has 1 aromatic rings. The van der Waals surface area contributed by atoms with Crippen LogP contribution in [0.4, 0.5) is 5.00 Å². The second-order valence-electron chi connectivity index (χ2n) is 1.97. The highest BCUT2D eigenvalue weighted by atomic mass is 32.1. The quantitative estimate of drug-likeness (QED) is 0.646. The van der Waals surface area contributed by atoms with Crippen LogP contribution in [0.15, 0.2) is 6.07 Å². The van der Waals surface area contributed by atoms with Crippen molar-refractivity contribution in [2.45, 2.75) is 6.92 Å². The van der Waals surface area contributed by atoms with Crippen LogP contribution >= 0.6 is 11.3 Å². The van der Waals surface area contributed by atoms with Crippen LogP contribution in [0, 0.1) is 6.92 Å². The van der Waals surface area contributed by atoms with E-state index in [-0.39, 0.29) is 0 Å². The SMILES string of the molecule is Cc1cc(N)sc1C(=O)O. The number of nitrogens with two attached hydrogens (primary N) is 1. The lowest BCUT2D eigenvalue weighted by atomic mass is 10.3. The molecular formula is C6H7NO2S. The Hall–Kier alpha value is -1.03. The molecular weight excluding hydrogens is 150 g/mol. The zero-order valence-corrected chi connectivity index (χ0v) is 6.23. The molecule has 0 unspecified atom stereocenters. The van der Waals surface area contributed by atoms with Gasteiger partial charge in [-0.1, -0.05) is 0 Å². The molecule has 0 aliphatic rings. The van der Waals surface area contributed by atoms with Gasteiger partial charge < -0.3 is 10.8 Å². The Kier molecular flexibility index (Phi) is 1.63. The summed E-state index contributed by atoms with van der Waals surface area (Å²) >= 11 is 1.10. The third-order valence-electron chi connectivity index (χ3n) is 1.13. The van der Waals surface area contributed by atoms with E-state index in [2.05, 4.69) is 0 Å². The van der Waals surface area contributed by atoms with Gasteiger partial charge in [0, 0.05) is 0 Å². The molecule has 0 radical (unpaired) electrons. The van der Waals surface area contributed by atoms with Crippen molar-refractivity contribution in [3.8, 4) is 0 Å². The van der Waals surface area contributed by atoms with Crippen molar-refractivity contribution >= 4 is 22.3 Å². The first kappa shape index (κ1) is 7.08. The zero-order valence-electron chi connectivity index (χ0n) is 5.42. The lowest BCUT2D eigenvalue weighted by molar-refractivity contribution is 0.0701. The molecule has 3 N–H and O–H groups in total. The van der Waals surface area contributed by atoms with Crippen LogP contribution < -0.4 is 5.73 Å². The van der Waals surface area contributed by atoms with Crippen molar-refractivity contribution < 1.29 is 9.90 Å². The van der Waals surface area contributed by atoms with Gasteiger partial charge >= 0.3 is 5.97 Å². The number of aromatic carboxylic acids is 1. The summed E-state index contributed by atoms with van der Waals surface area (Å²) in [5.41, 5.74) is 6.10. The van der Waals surface area contributed by atoms with Gasteiger partial charge in [0.25, 0.3) is 0 Å². The molecule has 0 atom stereocenters. The summed E-state index contributed by atoms with van der Waals surface area (Å²) in [5.74, 6) is -0.904. The minimum atomic E-state index is -0.904. The molecule has 54 valence electrons. The Morgan fingerprint density at radius 1 is 1.80 bits per heavy atom. The Bertz CT molecular complexity index is 267. The number of carboxylic acids is 1. The monoisotopic (exact) mass is 157 g/mol. The number of rotatable bonds is 1. The normalized spacial score (nSPS) is 9.70. The molecule has 0 saturated heterocycles. The van der Waals surface area contributed by atoms with Gasteiger partial charge in [-0.3, -0.25) is 0 Å². The van der Waals surface area contributed by atoms with Gasteiger partial charge in [0.15, 0.2) is 0 Å². The van der Waals surface area contributed by atoms with E-state index in [0.29, 0.717) is 9.88 Å². The third-order valence-corrected chi connectivity index (χ3v) is 2.19. The second kappa shape index (κ2) is 2.30. The van der Waals surface area contributed by atoms with Crippen LogP contribution in [0.2, 0.25) is 0 Å². The molecule has 0 amide bonds. The maximum atomic E-state index is 10.4. The van der Waals surface area contributed by atoms with Crippen LogP contribution in [0.1, 0.15) is 15.2 Å². The summed E-state index contributed by atoms with van der Waals surface area (Å²) in [6.07, 6.45) is 0. The topological polar surface area (TPSA) is 63.3 Å². The van der Waals surface area contributed by atoms with Crippen LogP contribution in [-0.2, 0) is 0 Å². The summed E-state index contributed by atoms with van der Waals surface area (Å²) in [6.45, 7) is 1.73. The highest BCUT2D eigenvalue weighted by Gasteiger charge is 2.09. The minimum absolute atomic E-state index is 0.331. The predicted octanol–water partition coefficient (Wildman–Crippen LogP) is 1.34. The van der Waals surface area contributed by atoms with E-state index >= 15 is 0 Å². The molecule has 3 nitrogen and oxygen atoms in total. The average Bonchev–Trinajstić information content (AvgIpc) is 2.10. The predicted molar refractivity (Wildman–Crippen MR) is 40.4 cm³/mol. The van der Waals surface area contributed by atoms with Crippen LogP contribution in [0.3, 0.4) is 0 Å². The van der Waals surface area contributed by atoms with E-state index < -0.39 is 5.97 Å². The van der Waals surface area contributed by atoms with E-state index in [9.17, 15) is 4.79 Å². The molecule has 4 heteroatoms. The maximum absolute atomic E-state index is 10.4. The first-order chi connectivity index (χ1) is 4.61. The Morgan fingerprint density at radius 3 is 2.60 bits per heavy atom. The van der Waals surface area contributed by atoms with Gasteiger partial charge in [0.2, 0.25) is 0 Å². The smallest absolute Gasteiger partial charge is 0.346 e. The number of carboxylic acid groups (broad SMARTS) is 1. The second-order valence-corrected chi connectivity index (χ2v) is 3.05. The number of anilines is 1. The van der Waals surface area contributed by atoms with Crippen LogP contribution in [-0.4, -0.2) is 11.1 Å². The molecule has 10 heavy (non-hydrogen) atoms. The van der Waals surface area contributed by atoms with Crippen LogP contribution in [0.5, 0.6) is 0 Å². The highest BCUT2D eigenvalue weighted by Crippen LogP contribution is 2.23. The number of nitrogen functional groups attached to an aromatic ring is 1. The lowest BCUT2D eigenvalue weighted by Gasteiger charge is -1.86. The Balaban J connectivity index is 3.15. The molecule has 0 aliphatic carbocycles. The molecule has 1 rings (SSSR count). The standard InChI is InChI=1S/C6H7NO2S/c1-3-2-4(7)10-5(3)6(8)9/h2H,7H2,1H3,(H,8,9). The van der Waals surface area contributed by atoms with E-state index in [1.54, 1.807) is 13.0 Å². The van der Waals surface area contributed by atoms with Crippen molar-refractivity contribution in [2.24, 2.45) is 0 Å². The van der Waals surface area contributed by atoms with Gasteiger partial charge in [0.1, 0.15) is 4.88 Å². The van der Waals surface area contributed by atoms with Crippen molar-refractivity contribution in [3.05, 3.63) is 16.5 Å². The van der Waals surface area contributed by atoms with E-state index in [4.69, 9.17) is 10.8 Å². The van der Waals surface area contributed by atoms with Gasteiger partial charge in [-0.2, -0.15) is 0 Å². The number of hydrogen-bond acceptors (Lipinski definition) is 3. The van der Waals surface area contributed by atoms with Crippen LogP contribution in [0.25, 0.3) is 0 Å². The van der Waals surface area contributed by atoms with Crippen molar-refractivity contribution in [1.82, 2.24) is 0 Å². The summed E-state index contributed by atoms with van der Waals surface area (Å²) in [4.78, 5) is 10.7. The van der Waals surface area contributed by atoms with Gasteiger partial charge in [-0.15, -0.1) is 11.3 Å². The fourth-order valence-corrected chi connectivity index (χ4v) is 1.50. The summed E-state index contributed by atoms with van der Waals surface area (Å²) in [6, 6.07) is 1.66. The molecule has 1 aromatic heterocycles. The van der Waals surface area contributed by atoms with Gasteiger partial charge in [-0.25, -0.2) is 4.79 Å². The van der Waals surface area contributed by atoms with Gasteiger partial charge in [0.05, 0.1) is 5.00 Å². The molecule has 1 heterocycles. The number of aryl methyl sites for hydroxylation is 1. The number of thiophene rings is 1. The molecule has 0 spiro atoms. The Labute approximate surface area is 62.1 Å². The highest BCUT2D eigenvalue weighted by molar-refractivity contribution is 7.17. The van der Waals surface area contributed by atoms with E-state index in [0.717, 1.165) is 16.9 Å². The fraction of sp³-hybridized carbons (Fsp3) is 0.167. The number of carbonyl (C=O) groups is 1. The third kappa shape index (κ3) is 1.11. The molecule has 0 aromatic carbocycles. The first-order valence-electron chi connectivity index (χ1n) is 2.70.